The Labute approximate surface area is 199 Å². The van der Waals surface area contributed by atoms with Crippen LogP contribution in [0.2, 0.25) is 0 Å². The molecule has 1 atom stereocenters. The molecule has 0 radical (unpaired) electrons. The number of halogens is 4. The lowest BCUT2D eigenvalue weighted by molar-refractivity contribution is -0.189. The number of hydrogen-bond donors (Lipinski definition) is 0. The first-order valence-corrected chi connectivity index (χ1v) is 12.3. The number of hydrogen-bond acceptors (Lipinski definition) is 5. The average Bonchev–Trinajstić information content (AvgIpc) is 3.21. The summed E-state index contributed by atoms with van der Waals surface area (Å²) in [6.07, 6.45) is -4.37. The molecule has 4 rings (SSSR count). The number of nitrogens with zero attached hydrogens (tertiary/aromatic N) is 2. The SMILES string of the molecule is C[C@H](Oc1ccc(S(C)(=O)=O)cc1C(=O)N1Cc2cc(-c3ccc(F)cc3)cnc2C1)C(F)(F)F. The van der Waals surface area contributed by atoms with Gasteiger partial charge in [-0.3, -0.25) is 9.78 Å². The third-order valence-corrected chi connectivity index (χ3v) is 6.71. The van der Waals surface area contributed by atoms with Gasteiger partial charge in [0.1, 0.15) is 11.6 Å². The Morgan fingerprint density at radius 1 is 1.06 bits per heavy atom. The number of carbonyl (C=O) groups excluding carboxylic acids is 1. The summed E-state index contributed by atoms with van der Waals surface area (Å²) in [5.74, 6) is -1.45. The van der Waals surface area contributed by atoms with Crippen molar-refractivity contribution in [2.45, 2.75) is 37.2 Å². The second-order valence-electron chi connectivity index (χ2n) is 8.23. The molecule has 0 bridgehead atoms. The number of ether oxygens (including phenoxy) is 1. The van der Waals surface area contributed by atoms with Crippen LogP contribution >= 0.6 is 0 Å². The second-order valence-corrected chi connectivity index (χ2v) is 10.2. The van der Waals surface area contributed by atoms with E-state index in [4.69, 9.17) is 4.74 Å². The average molecular weight is 508 g/mol. The van der Waals surface area contributed by atoms with E-state index in [2.05, 4.69) is 4.98 Å². The van der Waals surface area contributed by atoms with Gasteiger partial charge < -0.3 is 9.64 Å². The molecule has 11 heteroatoms. The molecule has 2 aromatic carbocycles. The highest BCUT2D eigenvalue weighted by Gasteiger charge is 2.39. The molecule has 1 amide bonds. The van der Waals surface area contributed by atoms with E-state index < -0.39 is 28.0 Å². The van der Waals surface area contributed by atoms with E-state index in [9.17, 15) is 30.8 Å². The Hall–Kier alpha value is -3.47. The van der Waals surface area contributed by atoms with Gasteiger partial charge in [0.05, 0.1) is 22.7 Å². The maximum absolute atomic E-state index is 13.3. The molecular weight excluding hydrogens is 488 g/mol. The first-order valence-electron chi connectivity index (χ1n) is 10.4. The van der Waals surface area contributed by atoms with Crippen molar-refractivity contribution in [1.29, 1.82) is 0 Å². The van der Waals surface area contributed by atoms with Gasteiger partial charge in [0.2, 0.25) is 0 Å². The first-order chi connectivity index (χ1) is 16.3. The number of fused-ring (bicyclic) bond motifs is 1. The summed E-state index contributed by atoms with van der Waals surface area (Å²) >= 11 is 0. The fourth-order valence-corrected chi connectivity index (χ4v) is 4.29. The van der Waals surface area contributed by atoms with Crippen molar-refractivity contribution in [3.05, 3.63) is 77.4 Å². The fraction of sp³-hybridized carbons (Fsp3) is 0.250. The van der Waals surface area contributed by atoms with E-state index in [1.807, 2.05) is 0 Å². The quantitative estimate of drug-likeness (QED) is 0.464. The van der Waals surface area contributed by atoms with E-state index >= 15 is 0 Å². The molecule has 1 aliphatic rings. The summed E-state index contributed by atoms with van der Waals surface area (Å²) in [6, 6.07) is 10.8. The maximum atomic E-state index is 13.3. The Balaban J connectivity index is 1.65. The molecule has 1 aromatic heterocycles. The van der Waals surface area contributed by atoms with E-state index in [-0.39, 0.29) is 35.1 Å². The number of alkyl halides is 3. The number of benzene rings is 2. The number of amides is 1. The Bertz CT molecular complexity index is 1390. The number of sulfone groups is 1. The summed E-state index contributed by atoms with van der Waals surface area (Å²) in [7, 11) is -3.74. The zero-order valence-electron chi connectivity index (χ0n) is 18.6. The zero-order chi connectivity index (χ0) is 25.5. The van der Waals surface area contributed by atoms with Crippen molar-refractivity contribution < 1.29 is 35.5 Å². The lowest BCUT2D eigenvalue weighted by Crippen LogP contribution is -2.32. The van der Waals surface area contributed by atoms with Crippen molar-refractivity contribution in [2.24, 2.45) is 0 Å². The van der Waals surface area contributed by atoms with Gasteiger partial charge in [-0.2, -0.15) is 13.2 Å². The van der Waals surface area contributed by atoms with Gasteiger partial charge in [-0.25, -0.2) is 12.8 Å². The Morgan fingerprint density at radius 3 is 2.37 bits per heavy atom. The van der Waals surface area contributed by atoms with Crippen LogP contribution in [0.3, 0.4) is 0 Å². The highest BCUT2D eigenvalue weighted by Crippen LogP contribution is 2.33. The molecule has 3 aromatic rings. The summed E-state index contributed by atoms with van der Waals surface area (Å²) < 4.78 is 81.5. The van der Waals surface area contributed by atoms with Crippen molar-refractivity contribution in [3.8, 4) is 16.9 Å². The van der Waals surface area contributed by atoms with Gasteiger partial charge in [-0.15, -0.1) is 0 Å². The molecule has 0 unspecified atom stereocenters. The van der Waals surface area contributed by atoms with E-state index in [1.54, 1.807) is 24.4 Å². The van der Waals surface area contributed by atoms with Gasteiger partial charge in [0, 0.05) is 24.6 Å². The monoisotopic (exact) mass is 508 g/mol. The van der Waals surface area contributed by atoms with Crippen LogP contribution in [0.25, 0.3) is 11.1 Å². The Kier molecular flexibility index (Phi) is 6.31. The fourth-order valence-electron chi connectivity index (χ4n) is 3.64. The molecule has 6 nitrogen and oxygen atoms in total. The summed E-state index contributed by atoms with van der Waals surface area (Å²) in [5.41, 5.74) is 2.44. The molecule has 1 aliphatic heterocycles. The highest BCUT2D eigenvalue weighted by molar-refractivity contribution is 7.90. The third-order valence-electron chi connectivity index (χ3n) is 5.60. The largest absolute Gasteiger partial charge is 0.480 e. The first kappa shape index (κ1) is 24.6. The van der Waals surface area contributed by atoms with E-state index in [0.717, 1.165) is 36.9 Å². The molecule has 0 N–H and O–H groups in total. The molecule has 0 spiro atoms. The molecule has 35 heavy (non-hydrogen) atoms. The molecule has 0 saturated heterocycles. The standard InChI is InChI=1S/C24H20F4N2O4S/c1-14(24(26,27)28)34-22-8-7-19(35(2,32)33)10-20(22)23(31)30-12-17-9-16(11-29-21(17)13-30)15-3-5-18(25)6-4-15/h3-11,14H,12-13H2,1-2H3/t14-/m0/s1. The number of rotatable bonds is 5. The smallest absolute Gasteiger partial charge is 0.425 e. The lowest BCUT2D eigenvalue weighted by atomic mass is 10.1. The predicted molar refractivity (Wildman–Crippen MR) is 119 cm³/mol. The molecule has 0 saturated carbocycles. The number of pyridine rings is 1. The number of aromatic nitrogens is 1. The van der Waals surface area contributed by atoms with Gasteiger partial charge in [0.15, 0.2) is 15.9 Å². The molecule has 0 fully saturated rings. The van der Waals surface area contributed by atoms with Crippen LogP contribution in [-0.4, -0.2) is 42.7 Å². The molecule has 0 aliphatic carbocycles. The molecular formula is C24H20F4N2O4S. The van der Waals surface area contributed by atoms with Crippen molar-refractivity contribution in [3.63, 3.8) is 0 Å². The summed E-state index contributed by atoms with van der Waals surface area (Å²) in [6.45, 7) is 0.980. The van der Waals surface area contributed by atoms with Crippen LogP contribution in [0.4, 0.5) is 17.6 Å². The number of carbonyl (C=O) groups is 1. The summed E-state index contributed by atoms with van der Waals surface area (Å²) in [5, 5.41) is 0. The van der Waals surface area contributed by atoms with Gasteiger partial charge in [0.25, 0.3) is 5.91 Å². The molecule has 184 valence electrons. The van der Waals surface area contributed by atoms with Crippen LogP contribution in [0.5, 0.6) is 5.75 Å². The predicted octanol–water partition coefficient (Wildman–Crippen LogP) is 4.78. The van der Waals surface area contributed by atoms with Crippen LogP contribution < -0.4 is 4.74 Å². The van der Waals surface area contributed by atoms with Gasteiger partial charge >= 0.3 is 6.18 Å². The Morgan fingerprint density at radius 2 is 1.74 bits per heavy atom. The van der Waals surface area contributed by atoms with E-state index in [0.29, 0.717) is 16.8 Å². The minimum atomic E-state index is -4.68. The van der Waals surface area contributed by atoms with Crippen LogP contribution in [0, 0.1) is 5.82 Å². The van der Waals surface area contributed by atoms with Crippen molar-refractivity contribution >= 4 is 15.7 Å². The van der Waals surface area contributed by atoms with Crippen molar-refractivity contribution in [1.82, 2.24) is 9.88 Å². The zero-order valence-corrected chi connectivity index (χ0v) is 19.5. The summed E-state index contributed by atoms with van der Waals surface area (Å²) in [4.78, 5) is 18.8. The van der Waals surface area contributed by atoms with Crippen LogP contribution in [0.1, 0.15) is 28.5 Å². The minimum Gasteiger partial charge on any atom is -0.480 e. The third kappa shape index (κ3) is 5.29. The van der Waals surface area contributed by atoms with Gasteiger partial charge in [-0.1, -0.05) is 12.1 Å². The lowest BCUT2D eigenvalue weighted by Gasteiger charge is -2.22. The van der Waals surface area contributed by atoms with Crippen LogP contribution in [-0.2, 0) is 22.9 Å². The van der Waals surface area contributed by atoms with Crippen molar-refractivity contribution in [2.75, 3.05) is 6.26 Å². The maximum Gasteiger partial charge on any atom is 0.425 e. The van der Waals surface area contributed by atoms with E-state index in [1.165, 1.54) is 17.0 Å². The molecule has 2 heterocycles. The second kappa shape index (κ2) is 8.95. The topological polar surface area (TPSA) is 76.6 Å². The minimum absolute atomic E-state index is 0.0786. The normalized spacial score (nSPS) is 14.5. The van der Waals surface area contributed by atoms with Crippen LogP contribution in [0.15, 0.2) is 59.6 Å². The highest BCUT2D eigenvalue weighted by atomic mass is 32.2. The van der Waals surface area contributed by atoms with Gasteiger partial charge in [-0.05, 0) is 54.4 Å².